The summed E-state index contributed by atoms with van der Waals surface area (Å²) in [6.45, 7) is 8.17. The number of carbonyl (C=O) groups excluding carboxylic acids is 1. The lowest BCUT2D eigenvalue weighted by molar-refractivity contribution is -0.0768. The molecule has 2 aliphatic heterocycles. The number of H-pyrrole nitrogens is 1. The molecule has 0 aromatic carbocycles. The van der Waals surface area contributed by atoms with Crippen LogP contribution in [0.5, 0.6) is 0 Å². The molecule has 2 saturated heterocycles. The Morgan fingerprint density at radius 2 is 1.86 bits per heavy atom. The summed E-state index contributed by atoms with van der Waals surface area (Å²) < 4.78 is 26.7. The lowest BCUT2D eigenvalue weighted by atomic mass is 9.92. The maximum absolute atomic E-state index is 13.4. The molecular weight excluding hydrogens is 366 g/mol. The van der Waals surface area contributed by atoms with Crippen molar-refractivity contribution in [1.29, 1.82) is 0 Å². The second-order valence-corrected chi connectivity index (χ2v) is 9.42. The Kier molecular flexibility index (Phi) is 5.83. The lowest BCUT2D eigenvalue weighted by Gasteiger charge is -2.37. The topological polar surface area (TPSA) is 72.5 Å². The summed E-state index contributed by atoms with van der Waals surface area (Å²) in [6.07, 6.45) is 1.40. The van der Waals surface area contributed by atoms with Crippen LogP contribution in [0.4, 0.5) is 8.78 Å². The number of carbonyl (C=O) groups is 1. The highest BCUT2D eigenvalue weighted by atomic mass is 19.3. The van der Waals surface area contributed by atoms with E-state index in [2.05, 4.69) is 31.0 Å². The fourth-order valence-electron chi connectivity index (χ4n) is 3.97. The van der Waals surface area contributed by atoms with Gasteiger partial charge in [-0.15, -0.1) is 0 Å². The fraction of sp³-hybridized carbons (Fsp3) is 0.800. The summed E-state index contributed by atoms with van der Waals surface area (Å²) in [6, 6.07) is 1.80. The van der Waals surface area contributed by atoms with Crippen molar-refractivity contribution in [2.45, 2.75) is 69.8 Å². The molecule has 2 N–H and O–H groups in total. The molecule has 3 heterocycles. The molecule has 28 heavy (non-hydrogen) atoms. The number of rotatable bonds is 3. The molecule has 0 aliphatic carbocycles. The van der Waals surface area contributed by atoms with Gasteiger partial charge in [0.1, 0.15) is 5.69 Å². The van der Waals surface area contributed by atoms with E-state index >= 15 is 0 Å². The number of amides is 1. The highest BCUT2D eigenvalue weighted by Crippen LogP contribution is 2.31. The van der Waals surface area contributed by atoms with Gasteiger partial charge in [-0.1, -0.05) is 20.8 Å². The van der Waals surface area contributed by atoms with Gasteiger partial charge in [-0.25, -0.2) is 8.78 Å². The van der Waals surface area contributed by atoms with E-state index in [1.807, 2.05) is 4.90 Å². The summed E-state index contributed by atoms with van der Waals surface area (Å²) in [5.74, 6) is -2.71. The predicted octanol–water partition coefficient (Wildman–Crippen LogP) is 2.80. The number of nitrogens with zero attached hydrogens (tertiary/aromatic N) is 3. The smallest absolute Gasteiger partial charge is 0.274 e. The molecule has 2 fully saturated rings. The molecule has 2 aliphatic rings. The van der Waals surface area contributed by atoms with E-state index in [9.17, 15) is 18.7 Å². The first-order chi connectivity index (χ1) is 13.0. The summed E-state index contributed by atoms with van der Waals surface area (Å²) in [4.78, 5) is 16.5. The van der Waals surface area contributed by atoms with E-state index in [1.165, 1.54) is 0 Å². The Morgan fingerprint density at radius 3 is 2.46 bits per heavy atom. The molecule has 158 valence electrons. The third-order valence-electron chi connectivity index (χ3n) is 5.91. The monoisotopic (exact) mass is 398 g/mol. The van der Waals surface area contributed by atoms with Gasteiger partial charge < -0.3 is 14.9 Å². The van der Waals surface area contributed by atoms with E-state index < -0.39 is 11.5 Å². The van der Waals surface area contributed by atoms with Crippen LogP contribution in [0.15, 0.2) is 6.07 Å². The van der Waals surface area contributed by atoms with Crippen molar-refractivity contribution in [2.75, 3.05) is 32.7 Å². The third kappa shape index (κ3) is 5.08. The number of alkyl halides is 2. The van der Waals surface area contributed by atoms with Gasteiger partial charge in [0.25, 0.3) is 11.8 Å². The number of aromatic nitrogens is 2. The molecule has 0 saturated carbocycles. The van der Waals surface area contributed by atoms with Crippen LogP contribution in [-0.4, -0.2) is 75.3 Å². The number of piperidine rings is 1. The average Bonchev–Trinajstić information content (AvgIpc) is 3.02. The van der Waals surface area contributed by atoms with Crippen molar-refractivity contribution in [3.63, 3.8) is 0 Å². The van der Waals surface area contributed by atoms with Gasteiger partial charge in [-0.05, 0) is 25.3 Å². The number of hydrogen-bond donors (Lipinski definition) is 2. The molecular formula is C20H32F2N4O2. The zero-order valence-corrected chi connectivity index (χ0v) is 17.1. The van der Waals surface area contributed by atoms with Crippen LogP contribution < -0.4 is 0 Å². The first-order valence-corrected chi connectivity index (χ1v) is 10.2. The van der Waals surface area contributed by atoms with E-state index in [1.54, 1.807) is 11.0 Å². The van der Waals surface area contributed by atoms with E-state index in [0.717, 1.165) is 5.69 Å². The molecule has 1 unspecified atom stereocenters. The molecule has 3 rings (SSSR count). The van der Waals surface area contributed by atoms with E-state index in [-0.39, 0.29) is 24.2 Å². The standard InChI is InChI=1S/C20H32F2N4O2/c1-18(2,3)16-13-15(23-24-16)17(27)26-9-4-5-19(28,6-12-26)14-25-10-7-20(21,22)8-11-25/h13,28H,4-12,14H2,1-3H3,(H,23,24). The minimum absolute atomic E-state index is 0.115. The number of aromatic amines is 1. The van der Waals surface area contributed by atoms with Crippen LogP contribution in [-0.2, 0) is 5.41 Å². The molecule has 1 aromatic heterocycles. The molecule has 0 spiro atoms. The average molecular weight is 398 g/mol. The van der Waals surface area contributed by atoms with Crippen LogP contribution in [0, 0.1) is 0 Å². The van der Waals surface area contributed by atoms with E-state index in [0.29, 0.717) is 57.7 Å². The maximum Gasteiger partial charge on any atom is 0.274 e. The van der Waals surface area contributed by atoms with Crippen LogP contribution in [0.25, 0.3) is 0 Å². The van der Waals surface area contributed by atoms with E-state index in [4.69, 9.17) is 0 Å². The quantitative estimate of drug-likeness (QED) is 0.821. The minimum atomic E-state index is -2.58. The zero-order chi connectivity index (χ0) is 20.6. The van der Waals surface area contributed by atoms with Crippen molar-refractivity contribution < 1.29 is 18.7 Å². The van der Waals surface area contributed by atoms with Crippen LogP contribution in [0.1, 0.15) is 69.1 Å². The molecule has 1 aromatic rings. The number of hydrogen-bond acceptors (Lipinski definition) is 4. The van der Waals surface area contributed by atoms with Gasteiger partial charge in [0.2, 0.25) is 0 Å². The molecule has 6 nitrogen and oxygen atoms in total. The Morgan fingerprint density at radius 1 is 1.18 bits per heavy atom. The number of β-amino-alcohol motifs (C(OH)–C–C–N with tert-alkyl or cyclic N) is 1. The zero-order valence-electron chi connectivity index (χ0n) is 17.1. The summed E-state index contributed by atoms with van der Waals surface area (Å²) in [5.41, 5.74) is 0.247. The molecule has 8 heteroatoms. The van der Waals surface area contributed by atoms with Crippen molar-refractivity contribution in [1.82, 2.24) is 20.0 Å². The van der Waals surface area contributed by atoms with Gasteiger partial charge in [0.05, 0.1) is 5.60 Å². The van der Waals surface area contributed by atoms with Crippen molar-refractivity contribution >= 4 is 5.91 Å². The SMILES string of the molecule is CC(C)(C)c1cc(C(=O)N2CCCC(O)(CN3CCC(F)(F)CC3)CC2)n[nH]1. The Hall–Kier alpha value is -1.54. The third-order valence-corrected chi connectivity index (χ3v) is 5.91. The van der Waals surface area contributed by atoms with Crippen LogP contribution in [0.3, 0.4) is 0 Å². The highest BCUT2D eigenvalue weighted by molar-refractivity contribution is 5.92. The number of nitrogens with one attached hydrogen (secondary N) is 1. The first kappa shape index (κ1) is 21.2. The Balaban J connectivity index is 1.58. The number of aliphatic hydroxyl groups is 1. The minimum Gasteiger partial charge on any atom is -0.388 e. The summed E-state index contributed by atoms with van der Waals surface area (Å²) in [7, 11) is 0. The predicted molar refractivity (Wildman–Crippen MR) is 103 cm³/mol. The Labute approximate surface area is 165 Å². The summed E-state index contributed by atoms with van der Waals surface area (Å²) in [5, 5.41) is 18.1. The second kappa shape index (κ2) is 7.71. The normalized spacial score (nSPS) is 26.9. The van der Waals surface area contributed by atoms with Gasteiger partial charge in [-0.2, -0.15) is 5.10 Å². The highest BCUT2D eigenvalue weighted by Gasteiger charge is 2.38. The Bertz CT molecular complexity index is 691. The first-order valence-electron chi connectivity index (χ1n) is 10.2. The van der Waals surface area contributed by atoms with Gasteiger partial charge in [0.15, 0.2) is 0 Å². The second-order valence-electron chi connectivity index (χ2n) is 9.42. The molecule has 1 amide bonds. The van der Waals surface area contributed by atoms with Crippen molar-refractivity contribution in [3.05, 3.63) is 17.5 Å². The van der Waals surface area contributed by atoms with Crippen LogP contribution >= 0.6 is 0 Å². The molecule has 1 atom stereocenters. The lowest BCUT2D eigenvalue weighted by Crippen LogP contribution is -2.48. The maximum atomic E-state index is 13.4. The molecule has 0 radical (unpaired) electrons. The largest absolute Gasteiger partial charge is 0.388 e. The van der Waals surface area contributed by atoms with Gasteiger partial charge >= 0.3 is 0 Å². The van der Waals surface area contributed by atoms with Crippen LogP contribution in [0.2, 0.25) is 0 Å². The number of halogens is 2. The summed E-state index contributed by atoms with van der Waals surface area (Å²) >= 11 is 0. The van der Waals surface area contributed by atoms with Gasteiger partial charge in [0, 0.05) is 56.7 Å². The van der Waals surface area contributed by atoms with Crippen molar-refractivity contribution in [2.24, 2.45) is 0 Å². The fourth-order valence-corrected chi connectivity index (χ4v) is 3.97. The van der Waals surface area contributed by atoms with Gasteiger partial charge in [-0.3, -0.25) is 9.89 Å². The number of likely N-dealkylation sites (tertiary alicyclic amines) is 2. The van der Waals surface area contributed by atoms with Crippen molar-refractivity contribution in [3.8, 4) is 0 Å². The molecule has 0 bridgehead atoms.